The SMILES string of the molecule is Cc1cc2ncc(CCCNC(=O)Cn3cnc4c3c(=O)n(C)c(=O)n4C)cn2n1. The number of rotatable bonds is 6. The van der Waals surface area contributed by atoms with Crippen molar-refractivity contribution in [3.63, 3.8) is 0 Å². The molecule has 0 unspecified atom stereocenters. The summed E-state index contributed by atoms with van der Waals surface area (Å²) in [6, 6.07) is 1.91. The van der Waals surface area contributed by atoms with Gasteiger partial charge < -0.3 is 9.88 Å². The Bertz CT molecular complexity index is 1370. The molecular weight excluding hydrogens is 388 g/mol. The highest BCUT2D eigenvalue weighted by Gasteiger charge is 2.15. The van der Waals surface area contributed by atoms with Crippen LogP contribution in [0.15, 0.2) is 34.4 Å². The Labute approximate surface area is 170 Å². The van der Waals surface area contributed by atoms with E-state index >= 15 is 0 Å². The third-order valence-corrected chi connectivity index (χ3v) is 4.98. The Morgan fingerprint density at radius 1 is 1.17 bits per heavy atom. The lowest BCUT2D eigenvalue weighted by molar-refractivity contribution is -0.121. The van der Waals surface area contributed by atoms with Crippen LogP contribution in [0.1, 0.15) is 17.7 Å². The molecule has 0 fully saturated rings. The second-order valence-electron chi connectivity index (χ2n) is 7.25. The van der Waals surface area contributed by atoms with Crippen LogP contribution in [-0.2, 0) is 31.9 Å². The summed E-state index contributed by atoms with van der Waals surface area (Å²) in [5, 5.41) is 7.20. The summed E-state index contributed by atoms with van der Waals surface area (Å²) < 4.78 is 5.51. The molecule has 0 bridgehead atoms. The van der Waals surface area contributed by atoms with Crippen LogP contribution in [0.5, 0.6) is 0 Å². The lowest BCUT2D eigenvalue weighted by atomic mass is 10.2. The van der Waals surface area contributed by atoms with E-state index in [4.69, 9.17) is 0 Å². The Kier molecular flexibility index (Phi) is 4.94. The molecule has 1 amide bonds. The highest BCUT2D eigenvalue weighted by atomic mass is 16.2. The molecule has 0 aromatic carbocycles. The number of carbonyl (C=O) groups excluding carboxylic acids is 1. The number of hydrogen-bond donors (Lipinski definition) is 1. The minimum absolute atomic E-state index is 0.0516. The number of carbonyl (C=O) groups is 1. The number of hydrogen-bond acceptors (Lipinski definition) is 6. The van der Waals surface area contributed by atoms with E-state index in [2.05, 4.69) is 20.4 Å². The Morgan fingerprint density at radius 3 is 2.77 bits per heavy atom. The summed E-state index contributed by atoms with van der Waals surface area (Å²) in [6.45, 7) is 2.35. The van der Waals surface area contributed by atoms with Gasteiger partial charge in [0.2, 0.25) is 5.91 Å². The van der Waals surface area contributed by atoms with Gasteiger partial charge in [0.15, 0.2) is 16.8 Å². The molecule has 0 saturated heterocycles. The molecule has 0 aliphatic carbocycles. The number of aromatic nitrogens is 7. The number of nitrogens with one attached hydrogen (secondary N) is 1. The van der Waals surface area contributed by atoms with Gasteiger partial charge in [0.1, 0.15) is 6.54 Å². The van der Waals surface area contributed by atoms with Gasteiger partial charge in [-0.3, -0.25) is 18.7 Å². The molecule has 4 heterocycles. The van der Waals surface area contributed by atoms with E-state index in [1.807, 2.05) is 25.4 Å². The highest BCUT2D eigenvalue weighted by molar-refractivity contribution is 5.78. The Balaban J connectivity index is 1.37. The second-order valence-corrected chi connectivity index (χ2v) is 7.25. The maximum atomic E-state index is 12.4. The molecule has 156 valence electrons. The predicted molar refractivity (Wildman–Crippen MR) is 109 cm³/mol. The van der Waals surface area contributed by atoms with Crippen molar-refractivity contribution in [1.29, 1.82) is 0 Å². The fourth-order valence-electron chi connectivity index (χ4n) is 3.41. The standard InChI is InChI=1S/C19H22N8O3/c1-12-7-14-21-8-13(9-27(14)23-12)5-4-6-20-15(28)10-26-11-22-17-16(26)18(29)25(3)19(30)24(17)2/h7-9,11H,4-6,10H2,1-3H3,(H,20,28). The van der Waals surface area contributed by atoms with Crippen LogP contribution in [0.3, 0.4) is 0 Å². The highest BCUT2D eigenvalue weighted by Crippen LogP contribution is 2.07. The molecular formula is C19H22N8O3. The molecule has 1 N–H and O–H groups in total. The topological polar surface area (TPSA) is 121 Å². The van der Waals surface area contributed by atoms with Gasteiger partial charge in [0.05, 0.1) is 12.0 Å². The van der Waals surface area contributed by atoms with Gasteiger partial charge in [-0.25, -0.2) is 19.3 Å². The fourth-order valence-corrected chi connectivity index (χ4v) is 3.41. The summed E-state index contributed by atoms with van der Waals surface area (Å²) in [5.74, 6) is -0.235. The van der Waals surface area contributed by atoms with Crippen LogP contribution >= 0.6 is 0 Å². The van der Waals surface area contributed by atoms with E-state index in [1.165, 1.54) is 29.6 Å². The van der Waals surface area contributed by atoms with Crippen LogP contribution < -0.4 is 16.6 Å². The van der Waals surface area contributed by atoms with Gasteiger partial charge in [-0.2, -0.15) is 5.10 Å². The third kappa shape index (κ3) is 3.49. The van der Waals surface area contributed by atoms with Crippen molar-refractivity contribution in [2.24, 2.45) is 14.1 Å². The first-order chi connectivity index (χ1) is 14.3. The van der Waals surface area contributed by atoms with Crippen molar-refractivity contribution in [1.82, 2.24) is 38.6 Å². The van der Waals surface area contributed by atoms with E-state index in [0.717, 1.165) is 34.3 Å². The molecule has 30 heavy (non-hydrogen) atoms. The van der Waals surface area contributed by atoms with Gasteiger partial charge in [0.25, 0.3) is 5.56 Å². The van der Waals surface area contributed by atoms with E-state index in [0.29, 0.717) is 6.54 Å². The first kappa shape index (κ1) is 19.6. The van der Waals surface area contributed by atoms with Gasteiger partial charge in [0, 0.05) is 39.1 Å². The van der Waals surface area contributed by atoms with Crippen molar-refractivity contribution in [3.05, 3.63) is 56.9 Å². The number of nitrogens with zero attached hydrogens (tertiary/aromatic N) is 7. The molecule has 4 aromatic heterocycles. The van der Waals surface area contributed by atoms with Crippen LogP contribution in [-0.4, -0.2) is 45.7 Å². The molecule has 4 aromatic rings. The summed E-state index contributed by atoms with van der Waals surface area (Å²) in [5.41, 5.74) is 2.30. The van der Waals surface area contributed by atoms with Gasteiger partial charge in [-0.1, -0.05) is 0 Å². The van der Waals surface area contributed by atoms with Crippen LogP contribution in [0.25, 0.3) is 16.8 Å². The Hall–Kier alpha value is -3.76. The monoisotopic (exact) mass is 410 g/mol. The lowest BCUT2D eigenvalue weighted by Crippen LogP contribution is -2.38. The van der Waals surface area contributed by atoms with Crippen LogP contribution in [0.4, 0.5) is 0 Å². The van der Waals surface area contributed by atoms with Crippen molar-refractivity contribution in [2.75, 3.05) is 6.54 Å². The van der Waals surface area contributed by atoms with Gasteiger partial charge in [-0.05, 0) is 25.3 Å². The second kappa shape index (κ2) is 7.58. The first-order valence-electron chi connectivity index (χ1n) is 9.53. The van der Waals surface area contributed by atoms with Gasteiger partial charge in [-0.15, -0.1) is 0 Å². The fraction of sp³-hybridized carbons (Fsp3) is 0.368. The number of fused-ring (bicyclic) bond motifs is 2. The lowest BCUT2D eigenvalue weighted by Gasteiger charge is -2.08. The van der Waals surface area contributed by atoms with Crippen molar-refractivity contribution >= 4 is 22.7 Å². The summed E-state index contributed by atoms with van der Waals surface area (Å²) in [6.07, 6.45) is 6.64. The summed E-state index contributed by atoms with van der Waals surface area (Å²) in [7, 11) is 2.94. The zero-order chi connectivity index (χ0) is 21.4. The number of aryl methyl sites for hydroxylation is 3. The third-order valence-electron chi connectivity index (χ3n) is 4.98. The summed E-state index contributed by atoms with van der Waals surface area (Å²) >= 11 is 0. The van der Waals surface area contributed by atoms with Crippen molar-refractivity contribution < 1.29 is 4.79 Å². The molecule has 11 nitrogen and oxygen atoms in total. The average Bonchev–Trinajstić information content (AvgIpc) is 3.30. The van der Waals surface area contributed by atoms with Crippen molar-refractivity contribution in [3.8, 4) is 0 Å². The predicted octanol–water partition coefficient (Wildman–Crippen LogP) is -0.466. The smallest absolute Gasteiger partial charge is 0.332 e. The molecule has 0 spiro atoms. The van der Waals surface area contributed by atoms with Crippen molar-refractivity contribution in [2.45, 2.75) is 26.3 Å². The molecule has 0 radical (unpaired) electrons. The van der Waals surface area contributed by atoms with E-state index < -0.39 is 11.2 Å². The molecule has 0 atom stereocenters. The minimum atomic E-state index is -0.477. The zero-order valence-corrected chi connectivity index (χ0v) is 17.0. The van der Waals surface area contributed by atoms with Crippen LogP contribution in [0.2, 0.25) is 0 Å². The zero-order valence-electron chi connectivity index (χ0n) is 17.0. The number of amides is 1. The Morgan fingerprint density at radius 2 is 1.97 bits per heavy atom. The first-order valence-corrected chi connectivity index (χ1v) is 9.53. The summed E-state index contributed by atoms with van der Waals surface area (Å²) in [4.78, 5) is 45.2. The molecule has 0 saturated carbocycles. The molecule has 11 heteroatoms. The maximum Gasteiger partial charge on any atom is 0.332 e. The molecule has 4 rings (SSSR count). The normalized spacial score (nSPS) is 11.4. The quantitative estimate of drug-likeness (QED) is 0.429. The van der Waals surface area contributed by atoms with E-state index in [1.54, 1.807) is 4.52 Å². The molecule has 0 aliphatic rings. The molecule has 0 aliphatic heterocycles. The van der Waals surface area contributed by atoms with E-state index in [-0.39, 0.29) is 23.6 Å². The van der Waals surface area contributed by atoms with Gasteiger partial charge >= 0.3 is 5.69 Å². The van der Waals surface area contributed by atoms with E-state index in [9.17, 15) is 14.4 Å². The largest absolute Gasteiger partial charge is 0.355 e. The minimum Gasteiger partial charge on any atom is -0.355 e. The van der Waals surface area contributed by atoms with Crippen LogP contribution in [0, 0.1) is 6.92 Å². The average molecular weight is 410 g/mol. The maximum absolute atomic E-state index is 12.4. The number of imidazole rings is 1.